The molecule has 2 aromatic rings. The van der Waals surface area contributed by atoms with Gasteiger partial charge in [-0.3, -0.25) is 4.79 Å². The molecule has 6 heteroatoms. The van der Waals surface area contributed by atoms with E-state index in [4.69, 9.17) is 0 Å². The molecule has 122 valence electrons. The standard InChI is InChI=1S/C17H23N5O/c1-17(2,3)21-15-11-18-14(10-19-15)16(23)20-12-6-8-13(9-7-12)22(4)5/h6-11H,1-5H3,(H,19,21)(H,20,23). The van der Waals surface area contributed by atoms with E-state index in [1.165, 1.54) is 6.20 Å². The number of nitrogens with one attached hydrogen (secondary N) is 2. The Morgan fingerprint density at radius 3 is 2.17 bits per heavy atom. The number of amides is 1. The Hall–Kier alpha value is -2.63. The SMILES string of the molecule is CN(C)c1ccc(NC(=O)c2cnc(NC(C)(C)C)cn2)cc1. The molecule has 0 radical (unpaired) electrons. The van der Waals surface area contributed by atoms with Crippen LogP contribution in [0, 0.1) is 0 Å². The van der Waals surface area contributed by atoms with Crippen molar-refractivity contribution in [2.75, 3.05) is 29.6 Å². The van der Waals surface area contributed by atoms with Gasteiger partial charge in [-0.2, -0.15) is 0 Å². The smallest absolute Gasteiger partial charge is 0.275 e. The van der Waals surface area contributed by atoms with E-state index < -0.39 is 0 Å². The molecule has 1 aromatic heterocycles. The molecule has 6 nitrogen and oxygen atoms in total. The minimum Gasteiger partial charge on any atom is -0.378 e. The zero-order valence-electron chi connectivity index (χ0n) is 14.2. The van der Waals surface area contributed by atoms with Gasteiger partial charge in [0.2, 0.25) is 0 Å². The number of nitrogens with zero attached hydrogens (tertiary/aromatic N) is 3. The van der Waals surface area contributed by atoms with Crippen LogP contribution in [0.3, 0.4) is 0 Å². The third-order valence-corrected chi connectivity index (χ3v) is 3.03. The maximum absolute atomic E-state index is 12.2. The predicted molar refractivity (Wildman–Crippen MR) is 94.1 cm³/mol. The largest absolute Gasteiger partial charge is 0.378 e. The molecule has 0 aliphatic carbocycles. The molecule has 0 unspecified atom stereocenters. The first kappa shape index (κ1) is 16.7. The third kappa shape index (κ3) is 4.95. The molecule has 0 fully saturated rings. The van der Waals surface area contributed by atoms with Gasteiger partial charge in [0.1, 0.15) is 11.5 Å². The molecule has 0 spiro atoms. The van der Waals surface area contributed by atoms with E-state index in [1.54, 1.807) is 6.20 Å². The Kier molecular flexibility index (Phi) is 4.83. The van der Waals surface area contributed by atoms with Crippen LogP contribution in [-0.2, 0) is 0 Å². The van der Waals surface area contributed by atoms with Crippen molar-refractivity contribution in [3.63, 3.8) is 0 Å². The van der Waals surface area contributed by atoms with E-state index in [2.05, 4.69) is 20.6 Å². The number of aromatic nitrogens is 2. The lowest BCUT2D eigenvalue weighted by atomic mass is 10.1. The van der Waals surface area contributed by atoms with Gasteiger partial charge in [-0.15, -0.1) is 0 Å². The molecule has 0 aliphatic heterocycles. The third-order valence-electron chi connectivity index (χ3n) is 3.03. The van der Waals surface area contributed by atoms with Crippen molar-refractivity contribution in [3.05, 3.63) is 42.4 Å². The van der Waals surface area contributed by atoms with Gasteiger partial charge in [0.05, 0.1) is 12.4 Å². The van der Waals surface area contributed by atoms with E-state index in [9.17, 15) is 4.79 Å². The molecule has 2 N–H and O–H groups in total. The van der Waals surface area contributed by atoms with Crippen molar-refractivity contribution in [2.24, 2.45) is 0 Å². The summed E-state index contributed by atoms with van der Waals surface area (Å²) >= 11 is 0. The van der Waals surface area contributed by atoms with Gasteiger partial charge in [0.25, 0.3) is 5.91 Å². The molecular weight excluding hydrogens is 290 g/mol. The number of carbonyl (C=O) groups is 1. The Bertz CT molecular complexity index is 657. The van der Waals surface area contributed by atoms with E-state index in [0.717, 1.165) is 11.4 Å². The molecule has 0 saturated carbocycles. The quantitative estimate of drug-likeness (QED) is 0.908. The van der Waals surface area contributed by atoms with Gasteiger partial charge < -0.3 is 15.5 Å². The first-order valence-electron chi connectivity index (χ1n) is 7.43. The molecule has 0 aliphatic rings. The van der Waals surface area contributed by atoms with Crippen LogP contribution in [0.15, 0.2) is 36.7 Å². The highest BCUT2D eigenvalue weighted by Crippen LogP contribution is 2.16. The van der Waals surface area contributed by atoms with Gasteiger partial charge in [0.15, 0.2) is 0 Å². The number of rotatable bonds is 4. The second kappa shape index (κ2) is 6.64. The van der Waals surface area contributed by atoms with Crippen molar-refractivity contribution in [1.82, 2.24) is 9.97 Å². The van der Waals surface area contributed by atoms with Crippen LogP contribution in [0.1, 0.15) is 31.3 Å². The highest BCUT2D eigenvalue weighted by atomic mass is 16.1. The highest BCUT2D eigenvalue weighted by Gasteiger charge is 2.12. The summed E-state index contributed by atoms with van der Waals surface area (Å²) in [6, 6.07) is 7.60. The summed E-state index contributed by atoms with van der Waals surface area (Å²) in [6.45, 7) is 6.10. The molecule has 2 rings (SSSR count). The van der Waals surface area contributed by atoms with Crippen molar-refractivity contribution in [2.45, 2.75) is 26.3 Å². The zero-order chi connectivity index (χ0) is 17.0. The average Bonchev–Trinajstić information content (AvgIpc) is 2.46. The van der Waals surface area contributed by atoms with Crippen molar-refractivity contribution >= 4 is 23.1 Å². The first-order chi connectivity index (χ1) is 10.7. The van der Waals surface area contributed by atoms with Gasteiger partial charge in [-0.1, -0.05) is 0 Å². The van der Waals surface area contributed by atoms with Gasteiger partial charge in [-0.05, 0) is 45.0 Å². The minimum absolute atomic E-state index is 0.105. The fraction of sp³-hybridized carbons (Fsp3) is 0.353. The van der Waals surface area contributed by atoms with E-state index in [0.29, 0.717) is 5.82 Å². The molecule has 0 atom stereocenters. The molecule has 1 amide bonds. The Labute approximate surface area is 137 Å². The number of anilines is 3. The monoisotopic (exact) mass is 313 g/mol. The molecule has 23 heavy (non-hydrogen) atoms. The summed E-state index contributed by atoms with van der Waals surface area (Å²) in [5, 5.41) is 6.02. The molecule has 1 heterocycles. The van der Waals surface area contributed by atoms with E-state index >= 15 is 0 Å². The minimum atomic E-state index is -0.280. The van der Waals surface area contributed by atoms with Crippen molar-refractivity contribution < 1.29 is 4.79 Å². The van der Waals surface area contributed by atoms with Gasteiger partial charge >= 0.3 is 0 Å². The van der Waals surface area contributed by atoms with Crippen LogP contribution in [0.5, 0.6) is 0 Å². The highest BCUT2D eigenvalue weighted by molar-refractivity contribution is 6.02. The first-order valence-corrected chi connectivity index (χ1v) is 7.43. The van der Waals surface area contributed by atoms with Gasteiger partial charge in [-0.25, -0.2) is 9.97 Å². The summed E-state index contributed by atoms with van der Waals surface area (Å²) in [5.74, 6) is 0.363. The summed E-state index contributed by atoms with van der Waals surface area (Å²) in [4.78, 5) is 22.6. The zero-order valence-corrected chi connectivity index (χ0v) is 14.2. The second-order valence-corrected chi connectivity index (χ2v) is 6.56. The summed E-state index contributed by atoms with van der Waals surface area (Å²) in [5.41, 5.74) is 1.97. The normalized spacial score (nSPS) is 11.0. The van der Waals surface area contributed by atoms with E-state index in [-0.39, 0.29) is 17.1 Å². The summed E-state index contributed by atoms with van der Waals surface area (Å²) in [6.07, 6.45) is 3.03. The molecule has 0 bridgehead atoms. The Morgan fingerprint density at radius 1 is 1.04 bits per heavy atom. The van der Waals surface area contributed by atoms with Crippen LogP contribution in [-0.4, -0.2) is 35.5 Å². The van der Waals surface area contributed by atoms with Crippen molar-refractivity contribution in [3.8, 4) is 0 Å². The van der Waals surface area contributed by atoms with Crippen LogP contribution < -0.4 is 15.5 Å². The average molecular weight is 313 g/mol. The molecular formula is C17H23N5O. The number of benzene rings is 1. The fourth-order valence-corrected chi connectivity index (χ4v) is 1.93. The topological polar surface area (TPSA) is 70.2 Å². The maximum Gasteiger partial charge on any atom is 0.275 e. The fourth-order valence-electron chi connectivity index (χ4n) is 1.93. The van der Waals surface area contributed by atoms with Crippen LogP contribution >= 0.6 is 0 Å². The summed E-state index contributed by atoms with van der Waals surface area (Å²) < 4.78 is 0. The van der Waals surface area contributed by atoms with Crippen LogP contribution in [0.2, 0.25) is 0 Å². The van der Waals surface area contributed by atoms with Crippen molar-refractivity contribution in [1.29, 1.82) is 0 Å². The van der Waals surface area contributed by atoms with E-state index in [1.807, 2.05) is 64.0 Å². The van der Waals surface area contributed by atoms with Crippen LogP contribution in [0.25, 0.3) is 0 Å². The molecule has 1 aromatic carbocycles. The number of hydrogen-bond acceptors (Lipinski definition) is 5. The number of hydrogen-bond donors (Lipinski definition) is 2. The molecule has 0 saturated heterocycles. The second-order valence-electron chi connectivity index (χ2n) is 6.56. The lowest BCUT2D eigenvalue weighted by Crippen LogP contribution is -2.27. The van der Waals surface area contributed by atoms with Gasteiger partial charge in [0, 0.05) is 31.0 Å². The van der Waals surface area contributed by atoms with Crippen LogP contribution in [0.4, 0.5) is 17.2 Å². The lowest BCUT2D eigenvalue weighted by Gasteiger charge is -2.20. The number of carbonyl (C=O) groups excluding carboxylic acids is 1. The summed E-state index contributed by atoms with van der Waals surface area (Å²) in [7, 11) is 3.94. The predicted octanol–water partition coefficient (Wildman–Crippen LogP) is 3.01. The lowest BCUT2D eigenvalue weighted by molar-refractivity contribution is 0.102. The Morgan fingerprint density at radius 2 is 1.70 bits per heavy atom. The maximum atomic E-state index is 12.2. The Balaban J connectivity index is 2.03.